The third kappa shape index (κ3) is 4.22. The summed E-state index contributed by atoms with van der Waals surface area (Å²) in [6.07, 6.45) is 9.02. The lowest BCUT2D eigenvalue weighted by molar-refractivity contribution is -0.118. The molecule has 8 heteroatoms. The maximum Gasteiger partial charge on any atom is 0.230 e. The molecule has 2 aromatic heterocycles. The molecule has 0 radical (unpaired) electrons. The fourth-order valence-corrected chi connectivity index (χ4v) is 3.52. The second-order valence-corrected chi connectivity index (χ2v) is 6.93. The maximum atomic E-state index is 12.1. The Bertz CT molecular complexity index is 924. The summed E-state index contributed by atoms with van der Waals surface area (Å²) >= 11 is 1.31. The summed E-state index contributed by atoms with van der Waals surface area (Å²) in [7, 11) is 0. The Labute approximate surface area is 160 Å². The van der Waals surface area contributed by atoms with Crippen LogP contribution in [0.4, 0.5) is 0 Å². The van der Waals surface area contributed by atoms with E-state index in [1.165, 1.54) is 18.1 Å². The van der Waals surface area contributed by atoms with Crippen LogP contribution in [-0.4, -0.2) is 44.2 Å². The van der Waals surface area contributed by atoms with E-state index in [1.54, 1.807) is 30.9 Å². The minimum atomic E-state index is -0.0901. The predicted octanol–water partition coefficient (Wildman–Crippen LogP) is 2.15. The Morgan fingerprint density at radius 3 is 2.81 bits per heavy atom. The molecule has 1 atom stereocenters. The Hall–Kier alpha value is -3.00. The molecule has 0 spiro atoms. The van der Waals surface area contributed by atoms with Crippen LogP contribution in [0.1, 0.15) is 5.56 Å². The van der Waals surface area contributed by atoms with Crippen molar-refractivity contribution >= 4 is 17.7 Å². The molecule has 1 amide bonds. The standard InChI is InChI=1S/C19H17N5O2S/c25-17(11-27-19-22-5-2-6-23-19)24-10-15-7-13-3-1-4-16(18(13)26-15)14-8-20-12-21-9-14/h1-6,8-9,12,15H,7,10-11H2,(H,24,25)/t15-/m0/s1. The van der Waals surface area contributed by atoms with Crippen LogP contribution in [0.2, 0.25) is 0 Å². The monoisotopic (exact) mass is 379 g/mol. The molecular weight excluding hydrogens is 362 g/mol. The van der Waals surface area contributed by atoms with Gasteiger partial charge in [-0.2, -0.15) is 0 Å². The zero-order chi connectivity index (χ0) is 18.5. The number of hydrogen-bond acceptors (Lipinski definition) is 7. The van der Waals surface area contributed by atoms with E-state index < -0.39 is 0 Å². The molecule has 136 valence electrons. The number of fused-ring (bicyclic) bond motifs is 1. The van der Waals surface area contributed by atoms with Gasteiger partial charge in [-0.25, -0.2) is 19.9 Å². The van der Waals surface area contributed by atoms with Gasteiger partial charge >= 0.3 is 0 Å². The highest BCUT2D eigenvalue weighted by Gasteiger charge is 2.26. The third-order valence-corrected chi connectivity index (χ3v) is 4.98. The van der Waals surface area contributed by atoms with Crippen LogP contribution in [0.3, 0.4) is 0 Å². The summed E-state index contributed by atoms with van der Waals surface area (Å²) in [5.41, 5.74) is 3.01. The van der Waals surface area contributed by atoms with Gasteiger partial charge in [-0.1, -0.05) is 30.0 Å². The number of hydrogen-bond donors (Lipinski definition) is 1. The molecule has 3 aromatic rings. The molecule has 27 heavy (non-hydrogen) atoms. The van der Waals surface area contributed by atoms with E-state index >= 15 is 0 Å². The van der Waals surface area contributed by atoms with E-state index in [-0.39, 0.29) is 17.8 Å². The van der Waals surface area contributed by atoms with Gasteiger partial charge in [-0.05, 0) is 11.6 Å². The number of para-hydroxylation sites is 1. The van der Waals surface area contributed by atoms with E-state index in [9.17, 15) is 4.79 Å². The number of benzene rings is 1. The predicted molar refractivity (Wildman–Crippen MR) is 101 cm³/mol. The highest BCUT2D eigenvalue weighted by atomic mass is 32.2. The summed E-state index contributed by atoms with van der Waals surface area (Å²) in [5.74, 6) is 1.05. The van der Waals surface area contributed by atoms with Crippen molar-refractivity contribution in [2.45, 2.75) is 17.7 Å². The highest BCUT2D eigenvalue weighted by Crippen LogP contribution is 2.38. The lowest BCUT2D eigenvalue weighted by Crippen LogP contribution is -2.35. The second-order valence-electron chi connectivity index (χ2n) is 5.99. The third-order valence-electron chi connectivity index (χ3n) is 4.10. The minimum absolute atomic E-state index is 0.0660. The summed E-state index contributed by atoms with van der Waals surface area (Å²) < 4.78 is 6.10. The molecule has 0 fully saturated rings. The highest BCUT2D eigenvalue weighted by molar-refractivity contribution is 7.99. The van der Waals surface area contributed by atoms with Crippen molar-refractivity contribution < 1.29 is 9.53 Å². The molecule has 0 saturated carbocycles. The second kappa shape index (κ2) is 8.13. The van der Waals surface area contributed by atoms with Crippen molar-refractivity contribution in [3.8, 4) is 16.9 Å². The van der Waals surface area contributed by atoms with Crippen LogP contribution >= 0.6 is 11.8 Å². The summed E-state index contributed by atoms with van der Waals surface area (Å²) in [5, 5.41) is 3.51. The van der Waals surface area contributed by atoms with Crippen LogP contribution in [0.15, 0.2) is 60.5 Å². The van der Waals surface area contributed by atoms with Crippen LogP contribution in [0.5, 0.6) is 5.75 Å². The van der Waals surface area contributed by atoms with Crippen molar-refractivity contribution in [2.75, 3.05) is 12.3 Å². The van der Waals surface area contributed by atoms with Crippen LogP contribution < -0.4 is 10.1 Å². The van der Waals surface area contributed by atoms with E-state index in [0.29, 0.717) is 11.7 Å². The van der Waals surface area contributed by atoms with Gasteiger partial charge in [-0.3, -0.25) is 4.79 Å². The smallest absolute Gasteiger partial charge is 0.230 e. The Morgan fingerprint density at radius 2 is 2.00 bits per heavy atom. The quantitative estimate of drug-likeness (QED) is 0.518. The first-order chi connectivity index (χ1) is 13.3. The SMILES string of the molecule is O=C(CSc1ncccn1)NC[C@@H]1Cc2cccc(-c3cncnc3)c2O1. The lowest BCUT2D eigenvalue weighted by Gasteiger charge is -2.13. The molecule has 3 heterocycles. The molecule has 0 unspecified atom stereocenters. The van der Waals surface area contributed by atoms with Crippen molar-refractivity contribution in [1.29, 1.82) is 0 Å². The van der Waals surface area contributed by atoms with Gasteiger partial charge in [0.1, 0.15) is 18.2 Å². The zero-order valence-corrected chi connectivity index (χ0v) is 15.2. The molecule has 7 nitrogen and oxygen atoms in total. The van der Waals surface area contributed by atoms with Gasteiger partial charge in [0.2, 0.25) is 5.91 Å². The molecule has 0 bridgehead atoms. The number of carbonyl (C=O) groups is 1. The van der Waals surface area contributed by atoms with Gasteiger partial charge in [0.15, 0.2) is 5.16 Å². The molecule has 0 saturated heterocycles. The molecular formula is C19H17N5O2S. The number of ether oxygens (including phenoxy) is 1. The molecule has 4 rings (SSSR count). The Kier molecular flexibility index (Phi) is 5.24. The van der Waals surface area contributed by atoms with Crippen molar-refractivity contribution in [1.82, 2.24) is 25.3 Å². The average Bonchev–Trinajstić information content (AvgIpc) is 3.15. The van der Waals surface area contributed by atoms with Crippen LogP contribution in [0, 0.1) is 0 Å². The number of carbonyl (C=O) groups excluding carboxylic acids is 1. The van der Waals surface area contributed by atoms with Crippen molar-refractivity contribution in [2.24, 2.45) is 0 Å². The van der Waals surface area contributed by atoms with Gasteiger partial charge in [-0.15, -0.1) is 0 Å². The van der Waals surface area contributed by atoms with Gasteiger partial charge in [0.05, 0.1) is 12.3 Å². The zero-order valence-electron chi connectivity index (χ0n) is 14.4. The lowest BCUT2D eigenvalue weighted by atomic mass is 10.0. The molecule has 0 aliphatic carbocycles. The van der Waals surface area contributed by atoms with Gasteiger partial charge in [0, 0.05) is 42.3 Å². The largest absolute Gasteiger partial charge is 0.487 e. The number of nitrogens with zero attached hydrogens (tertiary/aromatic N) is 4. The summed E-state index contributed by atoms with van der Waals surface area (Å²) in [6, 6.07) is 7.79. The normalized spacial score (nSPS) is 15.0. The van der Waals surface area contributed by atoms with Crippen molar-refractivity contribution in [3.05, 3.63) is 60.9 Å². The number of rotatable bonds is 6. The number of nitrogens with one attached hydrogen (secondary N) is 1. The minimum Gasteiger partial charge on any atom is -0.487 e. The first kappa shape index (κ1) is 17.4. The number of thioether (sulfide) groups is 1. The Balaban J connectivity index is 1.33. The van der Waals surface area contributed by atoms with Crippen molar-refractivity contribution in [3.63, 3.8) is 0 Å². The van der Waals surface area contributed by atoms with Crippen LogP contribution in [-0.2, 0) is 11.2 Å². The van der Waals surface area contributed by atoms with E-state index in [1.807, 2.05) is 18.2 Å². The maximum absolute atomic E-state index is 12.1. The fourth-order valence-electron chi connectivity index (χ4n) is 2.89. The van der Waals surface area contributed by atoms with E-state index in [2.05, 4.69) is 25.3 Å². The summed E-state index contributed by atoms with van der Waals surface area (Å²) in [6.45, 7) is 0.453. The van der Waals surface area contributed by atoms with Gasteiger partial charge < -0.3 is 10.1 Å². The molecule has 1 aliphatic rings. The van der Waals surface area contributed by atoms with E-state index in [0.717, 1.165) is 28.9 Å². The number of amides is 1. The molecule has 1 N–H and O–H groups in total. The first-order valence-corrected chi connectivity index (χ1v) is 9.48. The Morgan fingerprint density at radius 1 is 1.19 bits per heavy atom. The average molecular weight is 379 g/mol. The topological polar surface area (TPSA) is 89.9 Å². The molecule has 1 aromatic carbocycles. The van der Waals surface area contributed by atoms with Crippen LogP contribution in [0.25, 0.3) is 11.1 Å². The molecule has 1 aliphatic heterocycles. The first-order valence-electron chi connectivity index (χ1n) is 8.50. The summed E-state index contributed by atoms with van der Waals surface area (Å²) in [4.78, 5) is 28.4. The van der Waals surface area contributed by atoms with Gasteiger partial charge in [0.25, 0.3) is 0 Å². The number of aromatic nitrogens is 4. The fraction of sp³-hybridized carbons (Fsp3) is 0.211. The van der Waals surface area contributed by atoms with E-state index in [4.69, 9.17) is 4.74 Å².